The Labute approximate surface area is 113 Å². The van der Waals surface area contributed by atoms with Crippen LogP contribution < -0.4 is 5.32 Å². The average molecular weight is 273 g/mol. The predicted molar refractivity (Wildman–Crippen MR) is 75.8 cm³/mol. The molecule has 0 saturated carbocycles. The maximum atomic E-state index is 11.5. The van der Waals surface area contributed by atoms with E-state index in [1.807, 2.05) is 12.3 Å². The summed E-state index contributed by atoms with van der Waals surface area (Å²) >= 11 is 1.58. The lowest BCUT2D eigenvalue weighted by atomic mass is 10.2. The quantitative estimate of drug-likeness (QED) is 0.600. The lowest BCUT2D eigenvalue weighted by Gasteiger charge is -2.13. The van der Waals surface area contributed by atoms with E-state index in [4.69, 9.17) is 5.11 Å². The summed E-state index contributed by atoms with van der Waals surface area (Å²) in [5.41, 5.74) is 0. The predicted octanol–water partition coefficient (Wildman–Crippen LogP) is 2.45. The monoisotopic (exact) mass is 273 g/mol. The zero-order chi connectivity index (χ0) is 13.8. The van der Waals surface area contributed by atoms with Gasteiger partial charge in [-0.3, -0.25) is 4.79 Å². The smallest absolute Gasteiger partial charge is 0.326 e. The molecule has 0 aromatic carbocycles. The first-order valence-corrected chi connectivity index (χ1v) is 7.67. The molecule has 0 saturated heterocycles. The van der Waals surface area contributed by atoms with Gasteiger partial charge in [-0.2, -0.15) is 11.8 Å². The Morgan fingerprint density at radius 2 is 2.00 bits per heavy atom. The maximum absolute atomic E-state index is 11.5. The van der Waals surface area contributed by atoms with Crippen LogP contribution in [0.25, 0.3) is 0 Å². The molecule has 0 rings (SSSR count). The van der Waals surface area contributed by atoms with Crippen LogP contribution in [0.4, 0.5) is 0 Å². The molecule has 0 aliphatic carbocycles. The largest absolute Gasteiger partial charge is 0.480 e. The molecule has 1 unspecified atom stereocenters. The lowest BCUT2D eigenvalue weighted by Crippen LogP contribution is -2.41. The van der Waals surface area contributed by atoms with E-state index in [-0.39, 0.29) is 5.91 Å². The first-order valence-electron chi connectivity index (χ1n) is 6.27. The van der Waals surface area contributed by atoms with Crippen molar-refractivity contribution in [2.45, 2.75) is 45.1 Å². The van der Waals surface area contributed by atoms with Gasteiger partial charge in [-0.1, -0.05) is 25.5 Å². The van der Waals surface area contributed by atoms with Gasteiger partial charge in [0.2, 0.25) is 5.91 Å². The second-order valence-electron chi connectivity index (χ2n) is 4.04. The minimum atomic E-state index is -0.959. The summed E-state index contributed by atoms with van der Waals surface area (Å²) in [5.74, 6) is -0.420. The van der Waals surface area contributed by atoms with Crippen LogP contribution in [-0.4, -0.2) is 35.0 Å². The third-order valence-electron chi connectivity index (χ3n) is 2.40. The van der Waals surface area contributed by atoms with E-state index < -0.39 is 12.0 Å². The van der Waals surface area contributed by atoms with Gasteiger partial charge >= 0.3 is 5.97 Å². The van der Waals surface area contributed by atoms with E-state index in [0.29, 0.717) is 19.3 Å². The van der Waals surface area contributed by atoms with Crippen LogP contribution in [0.2, 0.25) is 0 Å². The molecule has 5 heteroatoms. The summed E-state index contributed by atoms with van der Waals surface area (Å²) in [6, 6.07) is -0.760. The maximum Gasteiger partial charge on any atom is 0.326 e. The number of nitrogens with one attached hydrogen (secondary N) is 1. The van der Waals surface area contributed by atoms with Crippen LogP contribution in [0.15, 0.2) is 12.2 Å². The number of aliphatic carboxylic acids is 1. The molecule has 0 bridgehead atoms. The number of carboxylic acids is 1. The van der Waals surface area contributed by atoms with Crippen LogP contribution >= 0.6 is 11.8 Å². The average Bonchev–Trinajstić information content (AvgIpc) is 2.33. The Morgan fingerprint density at radius 1 is 1.33 bits per heavy atom. The molecule has 0 fully saturated rings. The number of hydrogen-bond acceptors (Lipinski definition) is 3. The van der Waals surface area contributed by atoms with Crippen molar-refractivity contribution in [1.82, 2.24) is 5.32 Å². The molecule has 0 aliphatic rings. The van der Waals surface area contributed by atoms with Crippen LogP contribution in [0.5, 0.6) is 0 Å². The number of hydrogen-bond donors (Lipinski definition) is 2. The molecular formula is C13H23NO3S. The highest BCUT2D eigenvalue weighted by Gasteiger charge is 2.18. The summed E-state index contributed by atoms with van der Waals surface area (Å²) in [7, 11) is 0. The third kappa shape index (κ3) is 9.10. The summed E-state index contributed by atoms with van der Waals surface area (Å²) in [6.45, 7) is 2.10. The van der Waals surface area contributed by atoms with Crippen molar-refractivity contribution in [3.8, 4) is 0 Å². The highest BCUT2D eigenvalue weighted by molar-refractivity contribution is 7.98. The summed E-state index contributed by atoms with van der Waals surface area (Å²) in [5, 5.41) is 11.5. The highest BCUT2D eigenvalue weighted by Crippen LogP contribution is 2.02. The number of carboxylic acid groups (broad SMARTS) is 1. The first kappa shape index (κ1) is 17.0. The summed E-state index contributed by atoms with van der Waals surface area (Å²) in [6.07, 6.45) is 9.54. The van der Waals surface area contributed by atoms with Crippen LogP contribution in [-0.2, 0) is 9.59 Å². The van der Waals surface area contributed by atoms with E-state index in [1.54, 1.807) is 11.8 Å². The number of thioether (sulfide) groups is 1. The number of amides is 1. The van der Waals surface area contributed by atoms with E-state index >= 15 is 0 Å². The zero-order valence-corrected chi connectivity index (χ0v) is 12.0. The number of allylic oxidation sites excluding steroid dienone is 2. The molecular weight excluding hydrogens is 250 g/mol. The Bertz CT molecular complexity index is 279. The second-order valence-corrected chi connectivity index (χ2v) is 5.02. The first-order chi connectivity index (χ1) is 8.61. The number of carbonyl (C=O) groups is 2. The Hall–Kier alpha value is -0.970. The van der Waals surface area contributed by atoms with E-state index in [0.717, 1.165) is 18.6 Å². The Morgan fingerprint density at radius 3 is 2.56 bits per heavy atom. The van der Waals surface area contributed by atoms with Crippen molar-refractivity contribution in [3.05, 3.63) is 12.2 Å². The molecule has 0 aromatic rings. The molecule has 1 amide bonds. The lowest BCUT2D eigenvalue weighted by molar-refractivity contribution is -0.141. The topological polar surface area (TPSA) is 66.4 Å². The molecule has 2 N–H and O–H groups in total. The number of unbranched alkanes of at least 4 members (excludes halogenated alkanes) is 1. The van der Waals surface area contributed by atoms with Gasteiger partial charge in [-0.05, 0) is 31.3 Å². The van der Waals surface area contributed by atoms with Crippen LogP contribution in [0.1, 0.15) is 39.0 Å². The van der Waals surface area contributed by atoms with Crippen molar-refractivity contribution in [2.24, 2.45) is 0 Å². The summed E-state index contributed by atoms with van der Waals surface area (Å²) in [4.78, 5) is 22.5. The van der Waals surface area contributed by atoms with Crippen molar-refractivity contribution in [3.63, 3.8) is 0 Å². The Balaban J connectivity index is 3.91. The molecule has 18 heavy (non-hydrogen) atoms. The fourth-order valence-electron chi connectivity index (χ4n) is 1.38. The molecule has 104 valence electrons. The molecule has 0 radical (unpaired) electrons. The van der Waals surface area contributed by atoms with Crippen LogP contribution in [0, 0.1) is 0 Å². The standard InChI is InChI=1S/C13H23NO3S/c1-3-4-5-6-7-8-12(15)14-11(13(16)17)9-10-18-2/h5-6,11H,3-4,7-10H2,1-2H3,(H,14,15)(H,16,17)/b6-5+. The van der Waals surface area contributed by atoms with E-state index in [9.17, 15) is 9.59 Å². The van der Waals surface area contributed by atoms with Gasteiger partial charge in [0, 0.05) is 6.42 Å². The normalized spacial score (nSPS) is 12.6. The van der Waals surface area contributed by atoms with Crippen molar-refractivity contribution in [2.75, 3.05) is 12.0 Å². The molecule has 0 spiro atoms. The minimum Gasteiger partial charge on any atom is -0.480 e. The van der Waals surface area contributed by atoms with Crippen molar-refractivity contribution >= 4 is 23.6 Å². The zero-order valence-electron chi connectivity index (χ0n) is 11.1. The Kier molecular flexibility index (Phi) is 10.5. The van der Waals surface area contributed by atoms with Crippen molar-refractivity contribution in [1.29, 1.82) is 0 Å². The van der Waals surface area contributed by atoms with Gasteiger partial charge in [0.15, 0.2) is 0 Å². The van der Waals surface area contributed by atoms with Gasteiger partial charge in [0.1, 0.15) is 6.04 Å². The van der Waals surface area contributed by atoms with Gasteiger partial charge in [0.05, 0.1) is 0 Å². The fourth-order valence-corrected chi connectivity index (χ4v) is 1.85. The van der Waals surface area contributed by atoms with E-state index in [2.05, 4.69) is 18.3 Å². The van der Waals surface area contributed by atoms with Crippen molar-refractivity contribution < 1.29 is 14.7 Å². The van der Waals surface area contributed by atoms with Gasteiger partial charge < -0.3 is 10.4 Å². The molecule has 4 nitrogen and oxygen atoms in total. The summed E-state index contributed by atoms with van der Waals surface area (Å²) < 4.78 is 0. The highest BCUT2D eigenvalue weighted by atomic mass is 32.2. The minimum absolute atomic E-state index is 0.190. The van der Waals surface area contributed by atoms with E-state index in [1.165, 1.54) is 0 Å². The van der Waals surface area contributed by atoms with Crippen LogP contribution in [0.3, 0.4) is 0 Å². The van der Waals surface area contributed by atoms with Gasteiger partial charge in [-0.15, -0.1) is 0 Å². The molecule has 0 aromatic heterocycles. The molecule has 1 atom stereocenters. The van der Waals surface area contributed by atoms with Gasteiger partial charge in [-0.25, -0.2) is 4.79 Å². The number of rotatable bonds is 10. The number of carbonyl (C=O) groups excluding carboxylic acids is 1. The fraction of sp³-hybridized carbons (Fsp3) is 0.692. The SMILES string of the molecule is CCC/C=C/CCC(=O)NC(CCSC)C(=O)O. The third-order valence-corrected chi connectivity index (χ3v) is 3.05. The molecule has 0 heterocycles. The molecule has 0 aliphatic heterocycles. The van der Waals surface area contributed by atoms with Gasteiger partial charge in [0.25, 0.3) is 0 Å². The second kappa shape index (κ2) is 11.1.